The molecule has 29 heavy (non-hydrogen) atoms. The molecule has 8 nitrogen and oxygen atoms in total. The van der Waals surface area contributed by atoms with Crippen LogP contribution in [0, 0.1) is 12.3 Å². The van der Waals surface area contributed by atoms with Gasteiger partial charge in [-0.3, -0.25) is 14.5 Å². The number of nitrogens with zero attached hydrogens (tertiary/aromatic N) is 3. The van der Waals surface area contributed by atoms with Gasteiger partial charge in [-0.2, -0.15) is 0 Å². The number of carbonyl (C=O) groups excluding carboxylic acids is 2. The van der Waals surface area contributed by atoms with Crippen LogP contribution in [0.25, 0.3) is 5.70 Å². The van der Waals surface area contributed by atoms with E-state index in [1.54, 1.807) is 32.9 Å². The number of thiazole rings is 1. The van der Waals surface area contributed by atoms with Crippen molar-refractivity contribution < 1.29 is 14.0 Å². The van der Waals surface area contributed by atoms with Crippen LogP contribution in [0.4, 0.5) is 14.3 Å². The number of likely N-dealkylation sites (tertiary alicyclic amines) is 1. The van der Waals surface area contributed by atoms with E-state index in [-0.39, 0.29) is 5.84 Å². The quantitative estimate of drug-likeness (QED) is 0.355. The number of aliphatic imine (C=N–C) groups is 1. The van der Waals surface area contributed by atoms with Gasteiger partial charge in [0.25, 0.3) is 0 Å². The highest BCUT2D eigenvalue weighted by Gasteiger charge is 2.33. The summed E-state index contributed by atoms with van der Waals surface area (Å²) in [6, 6.07) is -1.04. The van der Waals surface area contributed by atoms with Gasteiger partial charge in [-0.15, -0.1) is 0 Å². The largest absolute Gasteiger partial charge is 0.387 e. The van der Waals surface area contributed by atoms with Crippen molar-refractivity contribution >= 4 is 39.9 Å². The number of aryl methyl sites for hydroxylation is 1. The summed E-state index contributed by atoms with van der Waals surface area (Å²) in [7, 11) is 0. The van der Waals surface area contributed by atoms with Gasteiger partial charge in [0.1, 0.15) is 18.6 Å². The van der Waals surface area contributed by atoms with Crippen molar-refractivity contribution in [3.05, 3.63) is 29.3 Å². The lowest BCUT2D eigenvalue weighted by Gasteiger charge is -2.21. The van der Waals surface area contributed by atoms with Gasteiger partial charge in [0, 0.05) is 6.54 Å². The van der Waals surface area contributed by atoms with Crippen LogP contribution in [0.5, 0.6) is 0 Å². The summed E-state index contributed by atoms with van der Waals surface area (Å²) in [5.74, 6) is -0.377. The first-order valence-corrected chi connectivity index (χ1v) is 10.0. The van der Waals surface area contributed by atoms with Crippen LogP contribution in [0.1, 0.15) is 37.3 Å². The van der Waals surface area contributed by atoms with E-state index in [4.69, 9.17) is 11.5 Å². The number of primary amides is 1. The number of anilines is 1. The van der Waals surface area contributed by atoms with E-state index in [2.05, 4.69) is 21.9 Å². The molecule has 0 aliphatic carbocycles. The number of nitrogens with one attached hydrogen (secondary N) is 1. The Kier molecular flexibility index (Phi) is 7.12. The number of nitrogens with two attached hydrogens (primary N) is 2. The number of hydrogen-bond donors (Lipinski definition) is 3. The number of aromatic nitrogens is 1. The molecule has 1 fully saturated rings. The summed E-state index contributed by atoms with van der Waals surface area (Å²) < 4.78 is 13.2. The molecule has 2 heterocycles. The number of rotatable bonds is 7. The zero-order valence-electron chi connectivity index (χ0n) is 16.9. The summed E-state index contributed by atoms with van der Waals surface area (Å²) in [6.07, 6.45) is 4.47. The summed E-state index contributed by atoms with van der Waals surface area (Å²) in [4.78, 5) is 34.9. The number of carbonyl (C=O) groups is 2. The van der Waals surface area contributed by atoms with Crippen LogP contribution >= 0.6 is 11.3 Å². The van der Waals surface area contributed by atoms with Crippen molar-refractivity contribution in [1.82, 2.24) is 9.88 Å². The molecule has 10 heteroatoms. The van der Waals surface area contributed by atoms with Crippen molar-refractivity contribution in [1.29, 1.82) is 0 Å². The number of hydrogen-bond acceptors (Lipinski definition) is 5. The first-order chi connectivity index (χ1) is 13.6. The fourth-order valence-corrected chi connectivity index (χ4v) is 3.71. The zero-order chi connectivity index (χ0) is 21.8. The second-order valence-corrected chi connectivity index (χ2v) is 8.42. The van der Waals surface area contributed by atoms with Crippen molar-refractivity contribution in [2.24, 2.45) is 21.9 Å². The number of alkyl halides is 1. The molecule has 3 amide bonds. The monoisotopic (exact) mass is 422 g/mol. The van der Waals surface area contributed by atoms with Crippen LogP contribution in [-0.2, 0) is 4.79 Å². The number of halogens is 1. The molecule has 1 aromatic rings. The maximum atomic E-state index is 13.2. The van der Waals surface area contributed by atoms with E-state index in [1.165, 1.54) is 16.2 Å². The van der Waals surface area contributed by atoms with Crippen molar-refractivity contribution in [3.63, 3.8) is 0 Å². The molecule has 1 atom stereocenters. The van der Waals surface area contributed by atoms with E-state index >= 15 is 0 Å². The average molecular weight is 423 g/mol. The SMILES string of the molecule is C=C/C=C(\N=C(N)C(C)(C)CF)c1sc(NC(=O)N2CCC[C@H]2C(N)=O)nc1C. The minimum atomic E-state index is -0.907. The van der Waals surface area contributed by atoms with Crippen molar-refractivity contribution in [3.8, 4) is 0 Å². The Bertz CT molecular complexity index is 861. The smallest absolute Gasteiger partial charge is 0.324 e. The van der Waals surface area contributed by atoms with Gasteiger partial charge < -0.3 is 16.4 Å². The zero-order valence-corrected chi connectivity index (χ0v) is 17.7. The Morgan fingerprint density at radius 2 is 2.17 bits per heavy atom. The predicted molar refractivity (Wildman–Crippen MR) is 114 cm³/mol. The van der Waals surface area contributed by atoms with Crippen LogP contribution in [0.2, 0.25) is 0 Å². The lowest BCUT2D eigenvalue weighted by molar-refractivity contribution is -0.121. The fourth-order valence-electron chi connectivity index (χ4n) is 2.78. The molecule has 0 spiro atoms. The minimum Gasteiger partial charge on any atom is -0.387 e. The van der Waals surface area contributed by atoms with Crippen LogP contribution in [-0.4, -0.2) is 46.9 Å². The fraction of sp³-hybridized carbons (Fsp3) is 0.474. The molecule has 1 saturated heterocycles. The Morgan fingerprint density at radius 3 is 2.76 bits per heavy atom. The lowest BCUT2D eigenvalue weighted by Crippen LogP contribution is -2.45. The van der Waals surface area contributed by atoms with E-state index in [0.29, 0.717) is 40.8 Å². The molecule has 0 aromatic carbocycles. The van der Waals surface area contributed by atoms with Crippen molar-refractivity contribution in [2.75, 3.05) is 18.5 Å². The first-order valence-electron chi connectivity index (χ1n) is 9.18. The van der Waals surface area contributed by atoms with Gasteiger partial charge in [-0.1, -0.05) is 37.8 Å². The molecule has 1 aliphatic rings. The van der Waals surface area contributed by atoms with Crippen LogP contribution in [0.3, 0.4) is 0 Å². The average Bonchev–Trinajstić information content (AvgIpc) is 3.28. The number of urea groups is 1. The molecule has 2 rings (SSSR count). The number of allylic oxidation sites excluding steroid dienone is 2. The Balaban J connectivity index is 2.27. The molecule has 5 N–H and O–H groups in total. The molecule has 1 aliphatic heterocycles. The third kappa shape index (κ3) is 5.20. The lowest BCUT2D eigenvalue weighted by atomic mass is 9.94. The first kappa shape index (κ1) is 22.5. The highest BCUT2D eigenvalue weighted by molar-refractivity contribution is 7.17. The molecular formula is C19H27FN6O2S. The normalized spacial score (nSPS) is 18.1. The van der Waals surface area contributed by atoms with E-state index in [0.717, 1.165) is 0 Å². The van der Waals surface area contributed by atoms with Crippen LogP contribution < -0.4 is 16.8 Å². The van der Waals surface area contributed by atoms with E-state index in [1.807, 2.05) is 0 Å². The number of amidine groups is 1. The molecule has 0 unspecified atom stereocenters. The Hall–Kier alpha value is -2.75. The molecule has 0 bridgehead atoms. The number of amides is 3. The van der Waals surface area contributed by atoms with E-state index < -0.39 is 30.1 Å². The second-order valence-electron chi connectivity index (χ2n) is 7.42. The summed E-state index contributed by atoms with van der Waals surface area (Å²) in [5.41, 5.74) is 11.6. The van der Waals surface area contributed by atoms with Gasteiger partial charge in [-0.05, 0) is 25.8 Å². The maximum absolute atomic E-state index is 13.2. The summed E-state index contributed by atoms with van der Waals surface area (Å²) in [6.45, 7) is 8.58. The highest BCUT2D eigenvalue weighted by Crippen LogP contribution is 2.32. The second kappa shape index (κ2) is 9.17. The Labute approximate surface area is 173 Å². The standard InChI is InChI=1S/C19H27FN6O2S/c1-5-7-12(24-16(22)19(3,4)10-20)14-11(2)23-17(29-14)25-18(28)26-9-6-8-13(26)15(21)27/h5,7,13H,1,6,8-10H2,2-4H3,(H2,21,27)(H2,22,24)(H,23,25,28)/b12-7-/t13-/m0/s1. The molecule has 1 aromatic heterocycles. The maximum Gasteiger partial charge on any atom is 0.324 e. The molecular weight excluding hydrogens is 395 g/mol. The summed E-state index contributed by atoms with van der Waals surface area (Å²) in [5, 5.41) is 3.07. The van der Waals surface area contributed by atoms with Gasteiger partial charge in [0.15, 0.2) is 5.13 Å². The highest BCUT2D eigenvalue weighted by atomic mass is 32.1. The summed E-state index contributed by atoms with van der Waals surface area (Å²) >= 11 is 1.21. The third-order valence-corrected chi connectivity index (χ3v) is 5.72. The van der Waals surface area contributed by atoms with Crippen LogP contribution in [0.15, 0.2) is 23.7 Å². The van der Waals surface area contributed by atoms with Gasteiger partial charge in [0.05, 0.1) is 21.7 Å². The van der Waals surface area contributed by atoms with Gasteiger partial charge in [-0.25, -0.2) is 14.8 Å². The Morgan fingerprint density at radius 1 is 1.48 bits per heavy atom. The third-order valence-electron chi connectivity index (χ3n) is 4.63. The van der Waals surface area contributed by atoms with E-state index in [9.17, 15) is 14.0 Å². The van der Waals surface area contributed by atoms with Gasteiger partial charge in [0.2, 0.25) is 5.91 Å². The molecule has 158 valence electrons. The minimum absolute atomic E-state index is 0.146. The van der Waals surface area contributed by atoms with Crippen molar-refractivity contribution in [2.45, 2.75) is 39.7 Å². The molecule has 0 radical (unpaired) electrons. The predicted octanol–water partition coefficient (Wildman–Crippen LogP) is 2.81. The van der Waals surface area contributed by atoms with Gasteiger partial charge >= 0.3 is 6.03 Å². The molecule has 0 saturated carbocycles. The topological polar surface area (TPSA) is 127 Å².